The van der Waals surface area contributed by atoms with Crippen molar-refractivity contribution in [2.75, 3.05) is 13.1 Å². The summed E-state index contributed by atoms with van der Waals surface area (Å²) >= 11 is 1.11. The van der Waals surface area contributed by atoms with E-state index in [0.29, 0.717) is 47.1 Å². The lowest BCUT2D eigenvalue weighted by Crippen LogP contribution is -2.41. The van der Waals surface area contributed by atoms with Crippen LogP contribution in [0.15, 0.2) is 42.7 Å². The maximum Gasteiger partial charge on any atom is 0.274 e. The Balaban J connectivity index is 1.23. The fraction of sp³-hybridized carbons (Fsp3) is 0.250. The largest absolute Gasteiger partial charge is 0.467 e. The van der Waals surface area contributed by atoms with E-state index in [4.69, 9.17) is 4.74 Å². The number of halogens is 2. The third-order valence-electron chi connectivity index (χ3n) is 5.10. The zero-order valence-electron chi connectivity index (χ0n) is 16.1. The molecule has 3 heterocycles. The minimum Gasteiger partial charge on any atom is -0.467 e. The molecule has 2 aromatic heterocycles. The number of likely N-dealkylation sites (tertiary alicyclic amines) is 1. The number of hydrogen-bond donors (Lipinski definition) is 0. The van der Waals surface area contributed by atoms with Crippen molar-refractivity contribution in [1.82, 2.24) is 30.1 Å². The first-order valence-corrected chi connectivity index (χ1v) is 10.4. The van der Waals surface area contributed by atoms with Crippen LogP contribution in [-0.2, 0) is 0 Å². The Morgan fingerprint density at radius 3 is 2.77 bits per heavy atom. The molecule has 1 fully saturated rings. The van der Waals surface area contributed by atoms with Crippen molar-refractivity contribution in [2.45, 2.75) is 18.9 Å². The van der Waals surface area contributed by atoms with Gasteiger partial charge < -0.3 is 9.64 Å². The van der Waals surface area contributed by atoms with E-state index in [9.17, 15) is 13.6 Å². The molecular formula is C20H16F2N6O2S. The molecule has 1 amide bonds. The van der Waals surface area contributed by atoms with Crippen LogP contribution in [0.3, 0.4) is 0 Å². The lowest BCUT2D eigenvalue weighted by Gasteiger charge is -2.31. The molecule has 11 heteroatoms. The van der Waals surface area contributed by atoms with E-state index in [2.05, 4.69) is 20.5 Å². The predicted octanol–water partition coefficient (Wildman–Crippen LogP) is 3.23. The van der Waals surface area contributed by atoms with E-state index in [1.54, 1.807) is 23.1 Å². The van der Waals surface area contributed by atoms with Crippen LogP contribution in [0.2, 0.25) is 0 Å². The average molecular weight is 442 g/mol. The number of thiazole rings is 1. The Labute approximate surface area is 179 Å². The van der Waals surface area contributed by atoms with Crippen molar-refractivity contribution in [3.8, 4) is 10.9 Å². The van der Waals surface area contributed by atoms with Gasteiger partial charge in [0, 0.05) is 37.6 Å². The molecule has 2 aromatic carbocycles. The van der Waals surface area contributed by atoms with Crippen molar-refractivity contribution in [3.05, 3.63) is 59.9 Å². The number of ether oxygens (including phenoxy) is 1. The van der Waals surface area contributed by atoms with Crippen molar-refractivity contribution in [1.29, 1.82) is 0 Å². The molecule has 0 spiro atoms. The topological polar surface area (TPSA) is 86.0 Å². The van der Waals surface area contributed by atoms with Crippen molar-refractivity contribution >= 4 is 27.5 Å². The molecule has 1 saturated heterocycles. The van der Waals surface area contributed by atoms with Gasteiger partial charge in [-0.15, -0.1) is 5.10 Å². The molecule has 0 unspecified atom stereocenters. The molecule has 31 heavy (non-hydrogen) atoms. The standard InChI is InChI=1S/C20H16F2N6O2S/c21-13-9-16(22)18-17(10-13)31-20(24-18)30-15-4-6-27(7-5-15)19(29)12-2-1-3-14(8-12)28-11-23-25-26-28/h1-3,8-11,15H,4-7H2. The zero-order chi connectivity index (χ0) is 21.4. The molecule has 0 N–H and O–H groups in total. The Morgan fingerprint density at radius 2 is 2.00 bits per heavy atom. The molecule has 8 nitrogen and oxygen atoms in total. The van der Waals surface area contributed by atoms with Gasteiger partial charge in [0.15, 0.2) is 5.82 Å². The summed E-state index contributed by atoms with van der Waals surface area (Å²) in [5.41, 5.74) is 1.36. The van der Waals surface area contributed by atoms with Gasteiger partial charge in [0.25, 0.3) is 11.1 Å². The number of carbonyl (C=O) groups is 1. The summed E-state index contributed by atoms with van der Waals surface area (Å²) < 4.78 is 35.0. The van der Waals surface area contributed by atoms with Gasteiger partial charge in [0.2, 0.25) is 0 Å². The molecule has 0 atom stereocenters. The van der Waals surface area contributed by atoms with Gasteiger partial charge in [-0.05, 0) is 34.7 Å². The molecule has 1 aliphatic rings. The molecule has 0 saturated carbocycles. The SMILES string of the molecule is O=C(c1cccc(-n2cnnn2)c1)N1CCC(Oc2nc3c(F)cc(F)cc3s2)CC1. The first-order valence-electron chi connectivity index (χ1n) is 9.62. The molecular weight excluding hydrogens is 426 g/mol. The maximum absolute atomic E-state index is 13.9. The molecule has 0 aliphatic carbocycles. The van der Waals surface area contributed by atoms with Crippen LogP contribution in [0.5, 0.6) is 5.19 Å². The highest BCUT2D eigenvalue weighted by Gasteiger charge is 2.26. The van der Waals surface area contributed by atoms with Crippen LogP contribution >= 0.6 is 11.3 Å². The number of nitrogens with zero attached hydrogens (tertiary/aromatic N) is 6. The highest BCUT2D eigenvalue weighted by atomic mass is 32.1. The Bertz CT molecular complexity index is 1240. The van der Waals surface area contributed by atoms with E-state index in [-0.39, 0.29) is 17.5 Å². The van der Waals surface area contributed by atoms with Gasteiger partial charge in [-0.25, -0.2) is 13.5 Å². The monoisotopic (exact) mass is 442 g/mol. The van der Waals surface area contributed by atoms with Crippen LogP contribution in [0.1, 0.15) is 23.2 Å². The first-order chi connectivity index (χ1) is 15.1. The van der Waals surface area contributed by atoms with Gasteiger partial charge in [0.05, 0.1) is 10.4 Å². The molecule has 0 bridgehead atoms. The zero-order valence-corrected chi connectivity index (χ0v) is 16.9. The number of fused-ring (bicyclic) bond motifs is 1. The van der Waals surface area contributed by atoms with Crippen molar-refractivity contribution < 1.29 is 18.3 Å². The number of piperidine rings is 1. The molecule has 1 aliphatic heterocycles. The third kappa shape index (κ3) is 3.96. The van der Waals surface area contributed by atoms with E-state index in [0.717, 1.165) is 17.4 Å². The fourth-order valence-corrected chi connectivity index (χ4v) is 4.47. The third-order valence-corrected chi connectivity index (χ3v) is 5.99. The fourth-order valence-electron chi connectivity index (χ4n) is 3.55. The summed E-state index contributed by atoms with van der Waals surface area (Å²) in [6, 6.07) is 9.16. The highest BCUT2D eigenvalue weighted by molar-refractivity contribution is 7.20. The van der Waals surface area contributed by atoms with E-state index in [1.165, 1.54) is 17.1 Å². The average Bonchev–Trinajstić information content (AvgIpc) is 3.44. The molecule has 158 valence electrons. The van der Waals surface area contributed by atoms with Crippen LogP contribution in [-0.4, -0.2) is 55.2 Å². The van der Waals surface area contributed by atoms with Crippen molar-refractivity contribution in [2.24, 2.45) is 0 Å². The number of carbonyl (C=O) groups excluding carboxylic acids is 1. The van der Waals surface area contributed by atoms with Gasteiger partial charge in [-0.3, -0.25) is 4.79 Å². The normalized spacial score (nSPS) is 14.8. The summed E-state index contributed by atoms with van der Waals surface area (Å²) in [5.74, 6) is -1.42. The smallest absolute Gasteiger partial charge is 0.274 e. The number of hydrogen-bond acceptors (Lipinski definition) is 7. The summed E-state index contributed by atoms with van der Waals surface area (Å²) in [6.45, 7) is 1.04. The maximum atomic E-state index is 13.9. The Morgan fingerprint density at radius 1 is 1.16 bits per heavy atom. The van der Waals surface area contributed by atoms with E-state index >= 15 is 0 Å². The van der Waals surface area contributed by atoms with Crippen LogP contribution < -0.4 is 4.74 Å². The minimum atomic E-state index is -0.703. The van der Waals surface area contributed by atoms with Crippen LogP contribution in [0, 0.1) is 11.6 Å². The second kappa shape index (κ2) is 7.99. The highest BCUT2D eigenvalue weighted by Crippen LogP contribution is 2.32. The second-order valence-corrected chi connectivity index (χ2v) is 8.12. The molecule has 0 radical (unpaired) electrons. The Hall–Kier alpha value is -3.47. The number of benzene rings is 2. The molecule has 4 aromatic rings. The lowest BCUT2D eigenvalue weighted by atomic mass is 10.1. The minimum absolute atomic E-state index is 0.0779. The molecule has 5 rings (SSSR count). The number of tetrazole rings is 1. The first kappa shape index (κ1) is 19.5. The van der Waals surface area contributed by atoms with Gasteiger partial charge in [-0.1, -0.05) is 17.4 Å². The van der Waals surface area contributed by atoms with Crippen LogP contribution in [0.4, 0.5) is 8.78 Å². The van der Waals surface area contributed by atoms with E-state index in [1.807, 2.05) is 6.07 Å². The van der Waals surface area contributed by atoms with Crippen molar-refractivity contribution in [3.63, 3.8) is 0 Å². The van der Waals surface area contributed by atoms with Crippen LogP contribution in [0.25, 0.3) is 15.9 Å². The van der Waals surface area contributed by atoms with Gasteiger partial charge in [0.1, 0.15) is 23.8 Å². The van der Waals surface area contributed by atoms with Gasteiger partial charge >= 0.3 is 0 Å². The van der Waals surface area contributed by atoms with E-state index < -0.39 is 11.6 Å². The number of amides is 1. The number of rotatable bonds is 4. The second-order valence-electron chi connectivity index (χ2n) is 7.13. The quantitative estimate of drug-likeness (QED) is 0.482. The lowest BCUT2D eigenvalue weighted by molar-refractivity contribution is 0.0595. The Kier molecular flexibility index (Phi) is 5.02. The summed E-state index contributed by atoms with van der Waals surface area (Å²) in [4.78, 5) is 18.8. The van der Waals surface area contributed by atoms with Gasteiger partial charge in [-0.2, -0.15) is 4.98 Å². The summed E-state index contributed by atoms with van der Waals surface area (Å²) in [5, 5.41) is 11.4. The summed E-state index contributed by atoms with van der Waals surface area (Å²) in [6.07, 6.45) is 2.55. The summed E-state index contributed by atoms with van der Waals surface area (Å²) in [7, 11) is 0. The predicted molar refractivity (Wildman–Crippen MR) is 108 cm³/mol. The number of aromatic nitrogens is 5.